The summed E-state index contributed by atoms with van der Waals surface area (Å²) >= 11 is 0. The van der Waals surface area contributed by atoms with Crippen molar-refractivity contribution in [2.24, 2.45) is 5.41 Å². The van der Waals surface area contributed by atoms with Crippen molar-refractivity contribution in [3.63, 3.8) is 0 Å². The SMILES string of the molecule is CC(C)(C)COc1cccc(-c2cccnc2)c1. The van der Waals surface area contributed by atoms with Gasteiger partial charge in [-0.1, -0.05) is 39.0 Å². The van der Waals surface area contributed by atoms with Gasteiger partial charge in [-0.05, 0) is 29.2 Å². The molecule has 94 valence electrons. The molecule has 0 N–H and O–H groups in total. The molecule has 0 aliphatic rings. The average molecular weight is 241 g/mol. The molecule has 0 aliphatic heterocycles. The molecular weight excluding hydrogens is 222 g/mol. The van der Waals surface area contributed by atoms with Crippen LogP contribution in [0.3, 0.4) is 0 Å². The third-order valence-electron chi connectivity index (χ3n) is 2.50. The van der Waals surface area contributed by atoms with Crippen LogP contribution < -0.4 is 4.74 Å². The van der Waals surface area contributed by atoms with Gasteiger partial charge in [-0.25, -0.2) is 0 Å². The van der Waals surface area contributed by atoms with Crippen LogP contribution in [0.15, 0.2) is 48.8 Å². The highest BCUT2D eigenvalue weighted by atomic mass is 16.5. The summed E-state index contributed by atoms with van der Waals surface area (Å²) in [6.07, 6.45) is 3.65. The lowest BCUT2D eigenvalue weighted by atomic mass is 9.99. The Morgan fingerprint density at radius 1 is 1.06 bits per heavy atom. The number of rotatable bonds is 3. The second-order valence-corrected chi connectivity index (χ2v) is 5.62. The minimum absolute atomic E-state index is 0.171. The van der Waals surface area contributed by atoms with Crippen LogP contribution in [0.2, 0.25) is 0 Å². The quantitative estimate of drug-likeness (QED) is 0.804. The molecule has 0 saturated carbocycles. The zero-order chi connectivity index (χ0) is 13.0. The molecule has 2 nitrogen and oxygen atoms in total. The monoisotopic (exact) mass is 241 g/mol. The van der Waals surface area contributed by atoms with Crippen LogP contribution in [0.25, 0.3) is 11.1 Å². The Balaban J connectivity index is 2.16. The Morgan fingerprint density at radius 3 is 2.50 bits per heavy atom. The van der Waals surface area contributed by atoms with Gasteiger partial charge in [-0.15, -0.1) is 0 Å². The molecule has 18 heavy (non-hydrogen) atoms. The molecule has 0 amide bonds. The maximum Gasteiger partial charge on any atom is 0.119 e. The smallest absolute Gasteiger partial charge is 0.119 e. The van der Waals surface area contributed by atoms with E-state index in [-0.39, 0.29) is 5.41 Å². The van der Waals surface area contributed by atoms with E-state index in [1.54, 1.807) is 6.20 Å². The largest absolute Gasteiger partial charge is 0.493 e. The van der Waals surface area contributed by atoms with Gasteiger partial charge < -0.3 is 4.74 Å². The number of hydrogen-bond donors (Lipinski definition) is 0. The Kier molecular flexibility index (Phi) is 3.66. The predicted octanol–water partition coefficient (Wildman–Crippen LogP) is 4.17. The number of aromatic nitrogens is 1. The molecule has 1 heterocycles. The van der Waals surface area contributed by atoms with Crippen LogP contribution in [0, 0.1) is 5.41 Å². The van der Waals surface area contributed by atoms with Gasteiger partial charge in [0.1, 0.15) is 5.75 Å². The highest BCUT2D eigenvalue weighted by Gasteiger charge is 2.11. The van der Waals surface area contributed by atoms with Gasteiger partial charge in [0.05, 0.1) is 6.61 Å². The molecule has 2 aromatic rings. The molecule has 0 spiro atoms. The standard InChI is InChI=1S/C16H19NO/c1-16(2,3)12-18-15-8-4-6-13(10-15)14-7-5-9-17-11-14/h4-11H,12H2,1-3H3. The lowest BCUT2D eigenvalue weighted by Crippen LogP contribution is -2.16. The lowest BCUT2D eigenvalue weighted by molar-refractivity contribution is 0.198. The van der Waals surface area contributed by atoms with Crippen molar-refractivity contribution in [1.29, 1.82) is 0 Å². The van der Waals surface area contributed by atoms with E-state index in [1.807, 2.05) is 24.4 Å². The van der Waals surface area contributed by atoms with Crippen molar-refractivity contribution in [3.8, 4) is 16.9 Å². The molecule has 0 unspecified atom stereocenters. The highest BCUT2D eigenvalue weighted by molar-refractivity contribution is 5.63. The van der Waals surface area contributed by atoms with Crippen LogP contribution in [-0.4, -0.2) is 11.6 Å². The number of hydrogen-bond acceptors (Lipinski definition) is 2. The Labute approximate surface area is 109 Å². The van der Waals surface area contributed by atoms with E-state index >= 15 is 0 Å². The van der Waals surface area contributed by atoms with Crippen molar-refractivity contribution >= 4 is 0 Å². The van der Waals surface area contributed by atoms with Crippen LogP contribution in [0.5, 0.6) is 5.75 Å². The minimum atomic E-state index is 0.171. The summed E-state index contributed by atoms with van der Waals surface area (Å²) in [5.41, 5.74) is 2.41. The third kappa shape index (κ3) is 3.59. The molecule has 0 atom stereocenters. The first-order valence-corrected chi connectivity index (χ1v) is 6.18. The third-order valence-corrected chi connectivity index (χ3v) is 2.50. The first kappa shape index (κ1) is 12.6. The summed E-state index contributed by atoms with van der Waals surface area (Å²) < 4.78 is 5.81. The van der Waals surface area contributed by atoms with Gasteiger partial charge in [0.25, 0.3) is 0 Å². The van der Waals surface area contributed by atoms with Crippen molar-refractivity contribution in [1.82, 2.24) is 4.98 Å². The van der Waals surface area contributed by atoms with E-state index < -0.39 is 0 Å². The summed E-state index contributed by atoms with van der Waals surface area (Å²) in [7, 11) is 0. The normalized spacial score (nSPS) is 11.3. The summed E-state index contributed by atoms with van der Waals surface area (Å²) in [4.78, 5) is 4.14. The molecule has 0 radical (unpaired) electrons. The first-order chi connectivity index (χ1) is 8.54. The van der Waals surface area contributed by atoms with Crippen LogP contribution >= 0.6 is 0 Å². The van der Waals surface area contributed by atoms with Crippen molar-refractivity contribution in [3.05, 3.63) is 48.8 Å². The molecule has 0 aliphatic carbocycles. The molecule has 2 heteroatoms. The number of nitrogens with zero attached hydrogens (tertiary/aromatic N) is 1. The molecule has 1 aromatic heterocycles. The molecule has 0 fully saturated rings. The van der Waals surface area contributed by atoms with Crippen LogP contribution in [-0.2, 0) is 0 Å². The maximum atomic E-state index is 5.81. The summed E-state index contributed by atoms with van der Waals surface area (Å²) in [6.45, 7) is 7.21. The molecule has 0 saturated heterocycles. The number of benzene rings is 1. The van der Waals surface area contributed by atoms with Crippen molar-refractivity contribution < 1.29 is 4.74 Å². The van der Waals surface area contributed by atoms with Crippen LogP contribution in [0.1, 0.15) is 20.8 Å². The van der Waals surface area contributed by atoms with E-state index in [1.165, 1.54) is 0 Å². The number of ether oxygens (including phenoxy) is 1. The van der Waals surface area contributed by atoms with Gasteiger partial charge in [-0.3, -0.25) is 4.98 Å². The molecule has 1 aromatic carbocycles. The maximum absolute atomic E-state index is 5.81. The van der Waals surface area contributed by atoms with Gasteiger partial charge in [0, 0.05) is 18.0 Å². The summed E-state index contributed by atoms with van der Waals surface area (Å²) in [5, 5.41) is 0. The van der Waals surface area contributed by atoms with E-state index in [4.69, 9.17) is 4.74 Å². The molecular formula is C16H19NO. The average Bonchev–Trinajstić information content (AvgIpc) is 2.37. The highest BCUT2D eigenvalue weighted by Crippen LogP contribution is 2.24. The van der Waals surface area contributed by atoms with Gasteiger partial charge >= 0.3 is 0 Å². The second-order valence-electron chi connectivity index (χ2n) is 5.62. The number of pyridine rings is 1. The van der Waals surface area contributed by atoms with Gasteiger partial charge in [0.2, 0.25) is 0 Å². The Morgan fingerprint density at radius 2 is 1.83 bits per heavy atom. The second kappa shape index (κ2) is 5.21. The summed E-state index contributed by atoms with van der Waals surface area (Å²) in [6, 6.07) is 12.1. The Bertz CT molecular complexity index is 500. The van der Waals surface area contributed by atoms with Gasteiger partial charge in [-0.2, -0.15) is 0 Å². The fraction of sp³-hybridized carbons (Fsp3) is 0.312. The van der Waals surface area contributed by atoms with E-state index in [2.05, 4.69) is 44.0 Å². The Hall–Kier alpha value is -1.83. The fourth-order valence-corrected chi connectivity index (χ4v) is 1.60. The van der Waals surface area contributed by atoms with Crippen molar-refractivity contribution in [2.45, 2.75) is 20.8 Å². The van der Waals surface area contributed by atoms with E-state index in [9.17, 15) is 0 Å². The topological polar surface area (TPSA) is 22.1 Å². The van der Waals surface area contributed by atoms with E-state index in [0.29, 0.717) is 6.61 Å². The molecule has 2 rings (SSSR count). The first-order valence-electron chi connectivity index (χ1n) is 6.18. The lowest BCUT2D eigenvalue weighted by Gasteiger charge is -2.19. The van der Waals surface area contributed by atoms with Gasteiger partial charge in [0.15, 0.2) is 0 Å². The van der Waals surface area contributed by atoms with Crippen molar-refractivity contribution in [2.75, 3.05) is 6.61 Å². The molecule has 0 bridgehead atoms. The zero-order valence-corrected chi connectivity index (χ0v) is 11.2. The summed E-state index contributed by atoms with van der Waals surface area (Å²) in [5.74, 6) is 0.909. The fourth-order valence-electron chi connectivity index (χ4n) is 1.60. The van der Waals surface area contributed by atoms with E-state index in [0.717, 1.165) is 16.9 Å². The zero-order valence-electron chi connectivity index (χ0n) is 11.2. The minimum Gasteiger partial charge on any atom is -0.493 e. The van der Waals surface area contributed by atoms with Crippen LogP contribution in [0.4, 0.5) is 0 Å². The predicted molar refractivity (Wildman–Crippen MR) is 74.6 cm³/mol.